The fourth-order valence-electron chi connectivity index (χ4n) is 7.90. The van der Waals surface area contributed by atoms with Crippen LogP contribution in [0.15, 0.2) is 191 Å². The fraction of sp³-hybridized carbons (Fsp3) is 0.0625. The average Bonchev–Trinajstić information content (AvgIpc) is 3.78. The highest BCUT2D eigenvalue weighted by Crippen LogP contribution is 2.46. The Bertz CT molecular complexity index is 2750. The number of para-hydroxylation sites is 1. The summed E-state index contributed by atoms with van der Waals surface area (Å²) in [4.78, 5) is 5.22. The second kappa shape index (κ2) is 12.6. The van der Waals surface area contributed by atoms with Gasteiger partial charge in [0.2, 0.25) is 0 Å². The molecule has 52 heavy (non-hydrogen) atoms. The summed E-state index contributed by atoms with van der Waals surface area (Å²) in [6.07, 6.45) is 11.0. The number of hydrogen-bond donors (Lipinski definition) is 1. The first-order valence-corrected chi connectivity index (χ1v) is 18.0. The number of amidine groups is 1. The number of rotatable bonds is 6. The molecule has 3 heterocycles. The molecule has 0 amide bonds. The lowest BCUT2D eigenvalue weighted by atomic mass is 9.94. The smallest absolute Gasteiger partial charge is 0.145 e. The monoisotopic (exact) mass is 669 g/mol. The van der Waals surface area contributed by atoms with Gasteiger partial charge in [0.25, 0.3) is 0 Å². The molecule has 0 radical (unpaired) electrons. The van der Waals surface area contributed by atoms with E-state index in [9.17, 15) is 0 Å². The molecule has 0 spiro atoms. The van der Waals surface area contributed by atoms with Gasteiger partial charge in [0.1, 0.15) is 17.2 Å². The molecule has 8 aromatic rings. The van der Waals surface area contributed by atoms with E-state index in [0.717, 1.165) is 96.4 Å². The molecule has 1 unspecified atom stereocenters. The molecule has 1 aliphatic carbocycles. The highest BCUT2D eigenvalue weighted by molar-refractivity contribution is 6.22. The van der Waals surface area contributed by atoms with Crippen molar-refractivity contribution in [2.45, 2.75) is 18.9 Å². The van der Waals surface area contributed by atoms with E-state index in [1.54, 1.807) is 0 Å². The number of furan rings is 1. The predicted molar refractivity (Wildman–Crippen MR) is 216 cm³/mol. The van der Waals surface area contributed by atoms with E-state index < -0.39 is 0 Å². The van der Waals surface area contributed by atoms with Gasteiger partial charge in [0.05, 0.1) is 28.2 Å². The minimum Gasteiger partial charge on any atom is -0.455 e. The lowest BCUT2D eigenvalue weighted by Crippen LogP contribution is -2.38. The van der Waals surface area contributed by atoms with E-state index in [1.807, 2.05) is 6.07 Å². The van der Waals surface area contributed by atoms with Crippen LogP contribution in [0.4, 0.5) is 0 Å². The summed E-state index contributed by atoms with van der Waals surface area (Å²) in [5.74, 6) is 1.76. The zero-order valence-corrected chi connectivity index (χ0v) is 28.5. The molecule has 0 saturated carbocycles. The first-order chi connectivity index (χ1) is 25.8. The Morgan fingerprint density at radius 1 is 0.635 bits per heavy atom. The third-order valence-corrected chi connectivity index (χ3v) is 10.3. The highest BCUT2D eigenvalue weighted by atomic mass is 16.3. The molecule has 2 aliphatic rings. The highest BCUT2D eigenvalue weighted by Gasteiger charge is 2.25. The number of fused-ring (bicyclic) bond motifs is 5. The van der Waals surface area contributed by atoms with Gasteiger partial charge in [-0.3, -0.25) is 0 Å². The Kier molecular flexibility index (Phi) is 7.31. The Morgan fingerprint density at radius 3 is 2.12 bits per heavy atom. The number of benzene rings is 6. The van der Waals surface area contributed by atoms with Crippen molar-refractivity contribution in [1.29, 1.82) is 0 Å². The SMILES string of the molecule is C1=CCCC(C2C=C(c3ccccc3)N=C(c3cccc(-n4c5ccccc5c5c6oc(-c7ccccc7)c(-c7ccccc7)c6ccc54)c3)N2)=C1. The van der Waals surface area contributed by atoms with Crippen LogP contribution in [0.2, 0.25) is 0 Å². The largest absolute Gasteiger partial charge is 0.455 e. The summed E-state index contributed by atoms with van der Waals surface area (Å²) < 4.78 is 9.36. The van der Waals surface area contributed by atoms with Crippen LogP contribution < -0.4 is 5.32 Å². The maximum atomic E-state index is 6.99. The fourth-order valence-corrected chi connectivity index (χ4v) is 7.90. The second-order valence-corrected chi connectivity index (χ2v) is 13.5. The molecule has 10 rings (SSSR count). The Balaban J connectivity index is 1.16. The molecule has 0 saturated heterocycles. The zero-order chi connectivity index (χ0) is 34.4. The molecule has 6 aromatic carbocycles. The maximum Gasteiger partial charge on any atom is 0.145 e. The van der Waals surface area contributed by atoms with Crippen LogP contribution in [0, 0.1) is 0 Å². The van der Waals surface area contributed by atoms with E-state index in [4.69, 9.17) is 9.41 Å². The van der Waals surface area contributed by atoms with Crippen molar-refractivity contribution in [3.63, 3.8) is 0 Å². The van der Waals surface area contributed by atoms with Gasteiger partial charge in [0, 0.05) is 33.2 Å². The van der Waals surface area contributed by atoms with Crippen molar-refractivity contribution in [1.82, 2.24) is 9.88 Å². The summed E-state index contributed by atoms with van der Waals surface area (Å²) in [6, 6.07) is 53.5. The van der Waals surface area contributed by atoms with Gasteiger partial charge >= 0.3 is 0 Å². The molecule has 1 N–H and O–H groups in total. The number of nitrogens with one attached hydrogen (secondary N) is 1. The van der Waals surface area contributed by atoms with Crippen LogP contribution >= 0.6 is 0 Å². The van der Waals surface area contributed by atoms with Crippen LogP contribution in [0.5, 0.6) is 0 Å². The van der Waals surface area contributed by atoms with E-state index in [0.29, 0.717) is 0 Å². The minimum absolute atomic E-state index is 0.0643. The topological polar surface area (TPSA) is 42.5 Å². The molecule has 0 bridgehead atoms. The van der Waals surface area contributed by atoms with Crippen LogP contribution in [-0.2, 0) is 0 Å². The van der Waals surface area contributed by atoms with Crippen molar-refractivity contribution < 1.29 is 4.42 Å². The van der Waals surface area contributed by atoms with Crippen LogP contribution in [0.3, 0.4) is 0 Å². The van der Waals surface area contributed by atoms with Gasteiger partial charge < -0.3 is 14.3 Å². The molecule has 248 valence electrons. The molecular weight excluding hydrogens is 635 g/mol. The van der Waals surface area contributed by atoms with Crippen molar-refractivity contribution >= 4 is 44.3 Å². The Labute approximate surface area is 302 Å². The van der Waals surface area contributed by atoms with Gasteiger partial charge in [0.15, 0.2) is 0 Å². The molecule has 4 nitrogen and oxygen atoms in total. The molecule has 1 aliphatic heterocycles. The number of aliphatic imine (C=N–C) groups is 1. The maximum absolute atomic E-state index is 6.99. The summed E-state index contributed by atoms with van der Waals surface area (Å²) in [5.41, 5.74) is 12.0. The van der Waals surface area contributed by atoms with Crippen molar-refractivity contribution in [3.8, 4) is 28.1 Å². The summed E-state index contributed by atoms with van der Waals surface area (Å²) in [5, 5.41) is 7.17. The van der Waals surface area contributed by atoms with Gasteiger partial charge in [-0.2, -0.15) is 0 Å². The van der Waals surface area contributed by atoms with E-state index in [1.165, 1.54) is 5.57 Å². The minimum atomic E-state index is 0.0643. The van der Waals surface area contributed by atoms with Gasteiger partial charge in [-0.05, 0) is 65.9 Å². The standard InChI is InChI=1S/C48H35N3O/c1-5-16-32(17-6-1)40-31-41(33-18-7-2-8-19-33)50-48(49-40)36-24-15-25-37(30-36)51-42-27-14-13-26-38(42)45-43(51)29-28-39-44(34-20-9-3-10-21-34)46(52-47(39)45)35-22-11-4-12-23-35/h1-7,9-18,20-31,41H,8,19H2,(H,49,50). The molecular formula is C48H35N3O. The second-order valence-electron chi connectivity index (χ2n) is 13.5. The van der Waals surface area contributed by atoms with E-state index in [2.05, 4.69) is 180 Å². The number of hydrogen-bond acceptors (Lipinski definition) is 3. The Hall–Kier alpha value is -6.65. The summed E-state index contributed by atoms with van der Waals surface area (Å²) in [7, 11) is 0. The molecule has 2 aromatic heterocycles. The first-order valence-electron chi connectivity index (χ1n) is 18.0. The van der Waals surface area contributed by atoms with Crippen molar-refractivity contribution in [2.24, 2.45) is 4.99 Å². The molecule has 0 fully saturated rings. The number of allylic oxidation sites excluding steroid dienone is 3. The average molecular weight is 670 g/mol. The van der Waals surface area contributed by atoms with E-state index in [-0.39, 0.29) is 6.04 Å². The molecule has 1 atom stereocenters. The molecule has 4 heteroatoms. The van der Waals surface area contributed by atoms with Gasteiger partial charge in [-0.15, -0.1) is 0 Å². The third-order valence-electron chi connectivity index (χ3n) is 10.3. The summed E-state index contributed by atoms with van der Waals surface area (Å²) in [6.45, 7) is 0. The number of aromatic nitrogens is 1. The van der Waals surface area contributed by atoms with Crippen LogP contribution in [0.25, 0.3) is 66.6 Å². The van der Waals surface area contributed by atoms with Crippen LogP contribution in [-0.4, -0.2) is 16.4 Å². The van der Waals surface area contributed by atoms with Gasteiger partial charge in [-0.1, -0.05) is 140 Å². The normalized spacial score (nSPS) is 15.8. The lowest BCUT2D eigenvalue weighted by molar-refractivity contribution is 0.636. The first kappa shape index (κ1) is 30.2. The predicted octanol–water partition coefficient (Wildman–Crippen LogP) is 11.9. The van der Waals surface area contributed by atoms with Crippen molar-refractivity contribution in [3.05, 3.63) is 193 Å². The van der Waals surface area contributed by atoms with Gasteiger partial charge in [-0.25, -0.2) is 4.99 Å². The summed E-state index contributed by atoms with van der Waals surface area (Å²) >= 11 is 0. The van der Waals surface area contributed by atoms with E-state index >= 15 is 0 Å². The quantitative estimate of drug-likeness (QED) is 0.191. The van der Waals surface area contributed by atoms with Crippen LogP contribution in [0.1, 0.15) is 24.0 Å². The van der Waals surface area contributed by atoms with Crippen molar-refractivity contribution in [2.75, 3.05) is 0 Å². The third kappa shape index (κ3) is 5.11. The Morgan fingerprint density at radius 2 is 1.35 bits per heavy atom. The zero-order valence-electron chi connectivity index (χ0n) is 28.5. The lowest BCUT2D eigenvalue weighted by Gasteiger charge is -2.27. The number of nitrogens with zero attached hydrogens (tertiary/aromatic N) is 2.